The molecule has 0 fully saturated rings. The second-order valence-electron chi connectivity index (χ2n) is 5.74. The second-order valence-corrected chi connectivity index (χ2v) is 5.74. The molecule has 2 N–H and O–H groups in total. The summed E-state index contributed by atoms with van der Waals surface area (Å²) in [6.45, 7) is 0.264. The van der Waals surface area contributed by atoms with Crippen LogP contribution in [0.4, 0.5) is 5.69 Å². The minimum absolute atomic E-state index is 0.249. The maximum atomic E-state index is 12.5. The van der Waals surface area contributed by atoms with Gasteiger partial charge in [-0.1, -0.05) is 30.3 Å². The van der Waals surface area contributed by atoms with E-state index in [4.69, 9.17) is 4.74 Å². The van der Waals surface area contributed by atoms with Gasteiger partial charge in [0, 0.05) is 24.6 Å². The molecular formula is C21H19N3O3. The Hall–Kier alpha value is -3.67. The Bertz CT molecular complexity index is 942. The number of anilines is 1. The number of carbonyl (C=O) groups is 2. The van der Waals surface area contributed by atoms with E-state index in [1.54, 1.807) is 48.7 Å². The molecule has 0 saturated carbocycles. The number of methoxy groups -OCH3 is 1. The van der Waals surface area contributed by atoms with E-state index in [2.05, 4.69) is 15.6 Å². The van der Waals surface area contributed by atoms with Gasteiger partial charge < -0.3 is 15.4 Å². The molecule has 0 atom stereocenters. The lowest BCUT2D eigenvalue weighted by atomic mass is 10.1. The van der Waals surface area contributed by atoms with Crippen molar-refractivity contribution in [3.63, 3.8) is 0 Å². The standard InChI is InChI=1S/C21H19N3O3/c1-27-19-11-5-3-9-17(19)21(26)23-14-15-7-2-4-10-18(15)24-20(25)16-8-6-12-22-13-16/h2-13H,14H2,1H3,(H,23,26)(H,24,25). The molecule has 27 heavy (non-hydrogen) atoms. The zero-order chi connectivity index (χ0) is 19.1. The van der Waals surface area contributed by atoms with Gasteiger partial charge in [0.1, 0.15) is 5.75 Å². The Morgan fingerprint density at radius 3 is 2.52 bits per heavy atom. The molecule has 0 bridgehead atoms. The Labute approximate surface area is 157 Å². The number of hydrogen-bond acceptors (Lipinski definition) is 4. The van der Waals surface area contributed by atoms with Crippen LogP contribution < -0.4 is 15.4 Å². The summed E-state index contributed by atoms with van der Waals surface area (Å²) in [4.78, 5) is 28.8. The van der Waals surface area contributed by atoms with Gasteiger partial charge in [-0.2, -0.15) is 0 Å². The Morgan fingerprint density at radius 1 is 0.963 bits per heavy atom. The zero-order valence-corrected chi connectivity index (χ0v) is 14.8. The number of benzene rings is 2. The van der Waals surface area contributed by atoms with E-state index in [1.807, 2.05) is 18.2 Å². The lowest BCUT2D eigenvalue weighted by molar-refractivity contribution is 0.0947. The molecule has 3 rings (SSSR count). The summed E-state index contributed by atoms with van der Waals surface area (Å²) in [7, 11) is 1.52. The van der Waals surface area contributed by atoms with E-state index in [9.17, 15) is 9.59 Å². The maximum Gasteiger partial charge on any atom is 0.257 e. The number of aromatic nitrogens is 1. The summed E-state index contributed by atoms with van der Waals surface area (Å²) in [5.74, 6) is 0.000564. The van der Waals surface area contributed by atoms with E-state index >= 15 is 0 Å². The molecule has 2 amide bonds. The normalized spacial score (nSPS) is 10.1. The summed E-state index contributed by atoms with van der Waals surface area (Å²) in [6.07, 6.45) is 3.11. The van der Waals surface area contributed by atoms with Gasteiger partial charge in [-0.3, -0.25) is 14.6 Å². The fourth-order valence-corrected chi connectivity index (χ4v) is 2.59. The van der Waals surface area contributed by atoms with Crippen LogP contribution in [0.25, 0.3) is 0 Å². The van der Waals surface area contributed by atoms with Gasteiger partial charge in [0.15, 0.2) is 0 Å². The van der Waals surface area contributed by atoms with E-state index in [0.717, 1.165) is 5.56 Å². The monoisotopic (exact) mass is 361 g/mol. The van der Waals surface area contributed by atoms with E-state index in [1.165, 1.54) is 13.3 Å². The van der Waals surface area contributed by atoms with Crippen molar-refractivity contribution in [1.29, 1.82) is 0 Å². The highest BCUT2D eigenvalue weighted by atomic mass is 16.5. The van der Waals surface area contributed by atoms with Gasteiger partial charge in [-0.15, -0.1) is 0 Å². The molecule has 6 heteroatoms. The van der Waals surface area contributed by atoms with Crippen LogP contribution in [-0.2, 0) is 6.54 Å². The SMILES string of the molecule is COc1ccccc1C(=O)NCc1ccccc1NC(=O)c1cccnc1. The second kappa shape index (κ2) is 8.62. The molecule has 0 aliphatic heterocycles. The first-order valence-corrected chi connectivity index (χ1v) is 8.39. The lowest BCUT2D eigenvalue weighted by Crippen LogP contribution is -2.24. The Morgan fingerprint density at radius 2 is 1.74 bits per heavy atom. The van der Waals surface area contributed by atoms with Crippen molar-refractivity contribution in [2.45, 2.75) is 6.54 Å². The van der Waals surface area contributed by atoms with Crippen LogP contribution >= 0.6 is 0 Å². The molecule has 0 radical (unpaired) electrons. The molecule has 0 aliphatic rings. The lowest BCUT2D eigenvalue weighted by Gasteiger charge is -2.13. The summed E-state index contributed by atoms with van der Waals surface area (Å²) in [5, 5.41) is 5.72. The number of nitrogens with zero attached hydrogens (tertiary/aromatic N) is 1. The predicted molar refractivity (Wildman–Crippen MR) is 103 cm³/mol. The zero-order valence-electron chi connectivity index (χ0n) is 14.8. The number of pyridine rings is 1. The van der Waals surface area contributed by atoms with Crippen LogP contribution in [-0.4, -0.2) is 23.9 Å². The minimum Gasteiger partial charge on any atom is -0.496 e. The Balaban J connectivity index is 1.71. The topological polar surface area (TPSA) is 80.3 Å². The molecule has 136 valence electrons. The molecule has 6 nitrogen and oxygen atoms in total. The van der Waals surface area contributed by atoms with Crippen molar-refractivity contribution in [2.75, 3.05) is 12.4 Å². The number of carbonyl (C=O) groups excluding carboxylic acids is 2. The number of nitrogens with one attached hydrogen (secondary N) is 2. The quantitative estimate of drug-likeness (QED) is 0.706. The smallest absolute Gasteiger partial charge is 0.257 e. The molecule has 0 saturated heterocycles. The van der Waals surface area contributed by atoms with Crippen molar-refractivity contribution >= 4 is 17.5 Å². The predicted octanol–water partition coefficient (Wildman–Crippen LogP) is 3.27. The highest BCUT2D eigenvalue weighted by Crippen LogP contribution is 2.19. The Kier molecular flexibility index (Phi) is 5.79. The van der Waals surface area contributed by atoms with E-state index in [-0.39, 0.29) is 18.4 Å². The summed E-state index contributed by atoms with van der Waals surface area (Å²) in [5.41, 5.74) is 2.34. The maximum absolute atomic E-state index is 12.5. The van der Waals surface area contributed by atoms with Gasteiger partial charge in [-0.05, 0) is 35.9 Å². The molecule has 3 aromatic rings. The first kappa shape index (κ1) is 18.1. The number of rotatable bonds is 6. The highest BCUT2D eigenvalue weighted by Gasteiger charge is 2.13. The third-order valence-electron chi connectivity index (χ3n) is 3.98. The summed E-state index contributed by atoms with van der Waals surface area (Å²) < 4.78 is 5.22. The van der Waals surface area contributed by atoms with Crippen molar-refractivity contribution in [3.05, 3.63) is 89.7 Å². The first-order chi connectivity index (χ1) is 13.2. The van der Waals surface area contributed by atoms with Gasteiger partial charge in [0.05, 0.1) is 18.2 Å². The van der Waals surface area contributed by atoms with Crippen LogP contribution in [0, 0.1) is 0 Å². The van der Waals surface area contributed by atoms with Gasteiger partial charge >= 0.3 is 0 Å². The summed E-state index contributed by atoms with van der Waals surface area (Å²) in [6, 6.07) is 17.7. The van der Waals surface area contributed by atoms with Crippen molar-refractivity contribution in [2.24, 2.45) is 0 Å². The number of hydrogen-bond donors (Lipinski definition) is 2. The van der Waals surface area contributed by atoms with Gasteiger partial charge in [0.25, 0.3) is 11.8 Å². The van der Waals surface area contributed by atoms with Gasteiger partial charge in [-0.25, -0.2) is 0 Å². The van der Waals surface area contributed by atoms with Crippen LogP contribution in [0.5, 0.6) is 5.75 Å². The van der Waals surface area contributed by atoms with Crippen LogP contribution in [0.3, 0.4) is 0 Å². The van der Waals surface area contributed by atoms with Crippen LogP contribution in [0.15, 0.2) is 73.1 Å². The number of amides is 2. The average Bonchev–Trinajstić information content (AvgIpc) is 2.73. The molecule has 0 unspecified atom stereocenters. The van der Waals surface area contributed by atoms with Crippen molar-refractivity contribution < 1.29 is 14.3 Å². The number of ether oxygens (including phenoxy) is 1. The van der Waals surface area contributed by atoms with E-state index in [0.29, 0.717) is 22.6 Å². The summed E-state index contributed by atoms with van der Waals surface area (Å²) >= 11 is 0. The molecule has 0 aliphatic carbocycles. The van der Waals surface area contributed by atoms with Crippen molar-refractivity contribution in [1.82, 2.24) is 10.3 Å². The van der Waals surface area contributed by atoms with Gasteiger partial charge in [0.2, 0.25) is 0 Å². The molecule has 2 aromatic carbocycles. The number of para-hydroxylation sites is 2. The molecule has 1 aromatic heterocycles. The van der Waals surface area contributed by atoms with Crippen LogP contribution in [0.1, 0.15) is 26.3 Å². The third-order valence-corrected chi connectivity index (χ3v) is 3.98. The third kappa shape index (κ3) is 4.49. The van der Waals surface area contributed by atoms with E-state index < -0.39 is 0 Å². The van der Waals surface area contributed by atoms with Crippen LogP contribution in [0.2, 0.25) is 0 Å². The highest BCUT2D eigenvalue weighted by molar-refractivity contribution is 6.04. The average molecular weight is 361 g/mol. The molecule has 0 spiro atoms. The molecular weight excluding hydrogens is 342 g/mol. The fraction of sp³-hybridized carbons (Fsp3) is 0.0952. The fourth-order valence-electron chi connectivity index (χ4n) is 2.59. The first-order valence-electron chi connectivity index (χ1n) is 8.39. The van der Waals surface area contributed by atoms with Crippen molar-refractivity contribution in [3.8, 4) is 5.75 Å². The molecule has 1 heterocycles. The largest absolute Gasteiger partial charge is 0.496 e. The minimum atomic E-state index is -0.258.